The number of methoxy groups -OCH3 is 2. The van der Waals surface area contributed by atoms with Crippen molar-refractivity contribution in [2.75, 3.05) is 14.2 Å². The summed E-state index contributed by atoms with van der Waals surface area (Å²) in [4.78, 5) is 17.9. The number of carbonyl (C=O) groups is 1. The van der Waals surface area contributed by atoms with Gasteiger partial charge in [-0.1, -0.05) is 0 Å². The zero-order chi connectivity index (χ0) is 10.8. The van der Waals surface area contributed by atoms with Crippen LogP contribution in [0, 0.1) is 0 Å². The quantitative estimate of drug-likeness (QED) is 0.771. The number of benzene rings is 1. The first kappa shape index (κ1) is 9.51. The summed E-state index contributed by atoms with van der Waals surface area (Å²) in [5, 5.41) is 0. The molecule has 0 radical (unpaired) electrons. The van der Waals surface area contributed by atoms with Gasteiger partial charge in [0.2, 0.25) is 0 Å². The molecule has 0 aliphatic carbocycles. The van der Waals surface area contributed by atoms with Gasteiger partial charge in [0.25, 0.3) is 0 Å². The molecular formula is C10H10N2O3. The summed E-state index contributed by atoms with van der Waals surface area (Å²) >= 11 is 0. The third-order valence-corrected chi connectivity index (χ3v) is 2.23. The molecule has 0 bridgehead atoms. The fraction of sp³-hybridized carbons (Fsp3) is 0.200. The van der Waals surface area contributed by atoms with Crippen LogP contribution in [0.3, 0.4) is 0 Å². The van der Waals surface area contributed by atoms with Crippen molar-refractivity contribution < 1.29 is 14.3 Å². The second kappa shape index (κ2) is 3.61. The highest BCUT2D eigenvalue weighted by Crippen LogP contribution is 2.32. The Labute approximate surface area is 86.0 Å². The molecule has 1 heterocycles. The molecular weight excluding hydrogens is 196 g/mol. The first-order chi connectivity index (χ1) is 7.31. The van der Waals surface area contributed by atoms with E-state index in [1.54, 1.807) is 13.2 Å². The van der Waals surface area contributed by atoms with Crippen molar-refractivity contribution in [3.63, 3.8) is 0 Å². The second-order valence-corrected chi connectivity index (χ2v) is 2.94. The van der Waals surface area contributed by atoms with Crippen LogP contribution in [0.4, 0.5) is 0 Å². The van der Waals surface area contributed by atoms with E-state index in [1.165, 1.54) is 13.4 Å². The molecule has 0 spiro atoms. The number of aromatic nitrogens is 2. The van der Waals surface area contributed by atoms with Gasteiger partial charge in [0.1, 0.15) is 22.5 Å². The third kappa shape index (κ3) is 1.32. The fourth-order valence-corrected chi connectivity index (χ4v) is 1.52. The van der Waals surface area contributed by atoms with Crippen molar-refractivity contribution in [1.29, 1.82) is 0 Å². The van der Waals surface area contributed by atoms with E-state index in [4.69, 9.17) is 9.47 Å². The molecule has 2 aromatic rings. The maximum atomic E-state index is 10.9. The molecule has 1 aromatic carbocycles. The van der Waals surface area contributed by atoms with Gasteiger partial charge in [-0.15, -0.1) is 0 Å². The molecule has 2 rings (SSSR count). The molecule has 0 saturated heterocycles. The second-order valence-electron chi connectivity index (χ2n) is 2.94. The minimum absolute atomic E-state index is 0.426. The van der Waals surface area contributed by atoms with Crippen LogP contribution in [0.25, 0.3) is 11.0 Å². The summed E-state index contributed by atoms with van der Waals surface area (Å²) in [5.74, 6) is 1.06. The normalized spacial score (nSPS) is 10.3. The standard InChI is InChI=1S/C10H10N2O3/c1-14-7-3-8(15-2)10-9(6(7)4-13)11-5-12-10/h3-5H,1-2H3,(H,11,12). The lowest BCUT2D eigenvalue weighted by Crippen LogP contribution is -1.94. The number of imidazole rings is 1. The van der Waals surface area contributed by atoms with E-state index < -0.39 is 0 Å². The first-order valence-corrected chi connectivity index (χ1v) is 4.35. The van der Waals surface area contributed by atoms with Crippen molar-refractivity contribution in [3.8, 4) is 11.5 Å². The number of hydrogen-bond acceptors (Lipinski definition) is 4. The SMILES string of the molecule is COc1cc(OC)c2[nH]cnc2c1C=O. The Morgan fingerprint density at radius 2 is 2.07 bits per heavy atom. The Balaban J connectivity index is 2.84. The number of carbonyl (C=O) groups excluding carboxylic acids is 1. The average Bonchev–Trinajstić information content (AvgIpc) is 2.75. The topological polar surface area (TPSA) is 64.2 Å². The minimum Gasteiger partial charge on any atom is -0.496 e. The van der Waals surface area contributed by atoms with Gasteiger partial charge in [-0.05, 0) is 0 Å². The number of fused-ring (bicyclic) bond motifs is 1. The Bertz CT molecular complexity index is 505. The smallest absolute Gasteiger partial charge is 0.156 e. The molecule has 0 aliphatic rings. The predicted molar refractivity (Wildman–Crippen MR) is 54.6 cm³/mol. The summed E-state index contributed by atoms with van der Waals surface area (Å²) < 4.78 is 10.3. The molecule has 0 atom stereocenters. The summed E-state index contributed by atoms with van der Waals surface area (Å²) in [5.41, 5.74) is 1.68. The predicted octanol–water partition coefficient (Wildman–Crippen LogP) is 1.39. The van der Waals surface area contributed by atoms with Crippen molar-refractivity contribution in [2.45, 2.75) is 0 Å². The minimum atomic E-state index is 0.426. The first-order valence-electron chi connectivity index (χ1n) is 4.35. The summed E-state index contributed by atoms with van der Waals surface area (Å²) in [6.45, 7) is 0. The van der Waals surface area contributed by atoms with E-state index in [2.05, 4.69) is 9.97 Å². The number of nitrogens with zero attached hydrogens (tertiary/aromatic N) is 1. The Morgan fingerprint density at radius 1 is 1.33 bits per heavy atom. The Morgan fingerprint density at radius 3 is 2.67 bits per heavy atom. The van der Waals surface area contributed by atoms with Gasteiger partial charge in [-0.25, -0.2) is 4.98 Å². The van der Waals surface area contributed by atoms with Crippen LogP contribution < -0.4 is 9.47 Å². The number of aldehydes is 1. The molecule has 0 saturated carbocycles. The number of hydrogen-bond donors (Lipinski definition) is 1. The third-order valence-electron chi connectivity index (χ3n) is 2.23. The van der Waals surface area contributed by atoms with Gasteiger partial charge < -0.3 is 14.5 Å². The van der Waals surface area contributed by atoms with Gasteiger partial charge in [0.15, 0.2) is 6.29 Å². The average molecular weight is 206 g/mol. The van der Waals surface area contributed by atoms with Crippen LogP contribution in [-0.2, 0) is 0 Å². The van der Waals surface area contributed by atoms with Crippen LogP contribution in [0.5, 0.6) is 11.5 Å². The molecule has 78 valence electrons. The summed E-state index contributed by atoms with van der Waals surface area (Å²) in [6.07, 6.45) is 2.24. The van der Waals surface area contributed by atoms with E-state index in [-0.39, 0.29) is 0 Å². The monoisotopic (exact) mass is 206 g/mol. The van der Waals surface area contributed by atoms with E-state index in [9.17, 15) is 4.79 Å². The number of rotatable bonds is 3. The molecule has 1 N–H and O–H groups in total. The lowest BCUT2D eigenvalue weighted by Gasteiger charge is -2.07. The van der Waals surface area contributed by atoms with Crippen LogP contribution in [0.1, 0.15) is 10.4 Å². The lowest BCUT2D eigenvalue weighted by molar-refractivity contribution is 0.112. The van der Waals surface area contributed by atoms with Gasteiger partial charge in [-0.3, -0.25) is 4.79 Å². The summed E-state index contributed by atoms with van der Waals surface area (Å²) in [6, 6.07) is 1.66. The number of aromatic amines is 1. The van der Waals surface area contributed by atoms with E-state index in [0.717, 1.165) is 6.29 Å². The maximum absolute atomic E-state index is 10.9. The van der Waals surface area contributed by atoms with Gasteiger partial charge >= 0.3 is 0 Å². The zero-order valence-corrected chi connectivity index (χ0v) is 8.40. The highest BCUT2D eigenvalue weighted by Gasteiger charge is 2.14. The zero-order valence-electron chi connectivity index (χ0n) is 8.40. The van der Waals surface area contributed by atoms with E-state index in [0.29, 0.717) is 28.1 Å². The van der Waals surface area contributed by atoms with E-state index >= 15 is 0 Å². The number of H-pyrrole nitrogens is 1. The van der Waals surface area contributed by atoms with Crippen LogP contribution in [0.2, 0.25) is 0 Å². The largest absolute Gasteiger partial charge is 0.496 e. The highest BCUT2D eigenvalue weighted by atomic mass is 16.5. The van der Waals surface area contributed by atoms with Gasteiger partial charge in [0.05, 0.1) is 26.1 Å². The molecule has 5 heteroatoms. The number of nitrogens with one attached hydrogen (secondary N) is 1. The Kier molecular flexibility index (Phi) is 2.29. The van der Waals surface area contributed by atoms with Gasteiger partial charge in [0, 0.05) is 6.07 Å². The van der Waals surface area contributed by atoms with Crippen LogP contribution in [0.15, 0.2) is 12.4 Å². The molecule has 0 aliphatic heterocycles. The van der Waals surface area contributed by atoms with Crippen molar-refractivity contribution >= 4 is 17.3 Å². The van der Waals surface area contributed by atoms with E-state index in [1.807, 2.05) is 0 Å². The summed E-state index contributed by atoms with van der Waals surface area (Å²) in [7, 11) is 3.05. The Hall–Kier alpha value is -2.04. The molecule has 1 aromatic heterocycles. The highest BCUT2D eigenvalue weighted by molar-refractivity contribution is 5.99. The fourth-order valence-electron chi connectivity index (χ4n) is 1.52. The molecule has 5 nitrogen and oxygen atoms in total. The van der Waals surface area contributed by atoms with Gasteiger partial charge in [-0.2, -0.15) is 0 Å². The maximum Gasteiger partial charge on any atom is 0.156 e. The van der Waals surface area contributed by atoms with Crippen LogP contribution >= 0.6 is 0 Å². The van der Waals surface area contributed by atoms with Crippen molar-refractivity contribution in [2.24, 2.45) is 0 Å². The van der Waals surface area contributed by atoms with Crippen LogP contribution in [-0.4, -0.2) is 30.5 Å². The molecule has 0 amide bonds. The molecule has 0 fully saturated rings. The van der Waals surface area contributed by atoms with Crippen molar-refractivity contribution in [3.05, 3.63) is 18.0 Å². The lowest BCUT2D eigenvalue weighted by atomic mass is 10.1. The van der Waals surface area contributed by atoms with Crippen molar-refractivity contribution in [1.82, 2.24) is 9.97 Å². The number of ether oxygens (including phenoxy) is 2. The molecule has 15 heavy (non-hydrogen) atoms. The molecule has 0 unspecified atom stereocenters.